The first-order valence-electron chi connectivity index (χ1n) is 8.91. The molecular weight excluding hydrogens is 342 g/mol. The quantitative estimate of drug-likeness (QED) is 0.569. The molecule has 6 heteroatoms. The van der Waals surface area contributed by atoms with Gasteiger partial charge in [-0.15, -0.1) is 0 Å². The predicted molar refractivity (Wildman–Crippen MR) is 106 cm³/mol. The van der Waals surface area contributed by atoms with Crippen molar-refractivity contribution < 1.29 is 10.2 Å². The summed E-state index contributed by atoms with van der Waals surface area (Å²) >= 11 is 0. The minimum absolute atomic E-state index is 0.0787. The van der Waals surface area contributed by atoms with Crippen molar-refractivity contribution in [3.05, 3.63) is 82.3 Å². The first kappa shape index (κ1) is 18.8. The Hall–Kier alpha value is -2.96. The molecule has 0 fully saturated rings. The number of aliphatic hydroxyl groups excluding tert-OH is 2. The maximum absolute atomic E-state index is 12.8. The minimum Gasteiger partial charge on any atom is -0.395 e. The van der Waals surface area contributed by atoms with Crippen LogP contribution in [0.4, 0.5) is 5.82 Å². The van der Waals surface area contributed by atoms with E-state index in [1.807, 2.05) is 54.6 Å². The van der Waals surface area contributed by atoms with Gasteiger partial charge < -0.3 is 20.1 Å². The van der Waals surface area contributed by atoms with E-state index in [1.165, 1.54) is 10.1 Å². The molecule has 0 unspecified atom stereocenters. The molecule has 3 aromatic rings. The van der Waals surface area contributed by atoms with Crippen molar-refractivity contribution in [1.29, 1.82) is 0 Å². The SMILES string of the molecule is O=c1c(NCCc2ccccc2)ncc(-c2cccc(CO)c2)n1CCO. The number of nitrogens with zero attached hydrogens (tertiary/aromatic N) is 2. The lowest BCUT2D eigenvalue weighted by Gasteiger charge is -2.14. The maximum atomic E-state index is 12.8. The molecule has 3 rings (SSSR count). The van der Waals surface area contributed by atoms with Gasteiger partial charge in [0.05, 0.1) is 25.1 Å². The molecule has 0 saturated heterocycles. The van der Waals surface area contributed by atoms with E-state index in [0.717, 1.165) is 17.5 Å². The number of aromatic nitrogens is 2. The average molecular weight is 365 g/mol. The van der Waals surface area contributed by atoms with Crippen LogP contribution in [0.15, 0.2) is 65.6 Å². The Morgan fingerprint density at radius 3 is 2.52 bits per heavy atom. The van der Waals surface area contributed by atoms with Crippen LogP contribution in [0.2, 0.25) is 0 Å². The molecule has 0 spiro atoms. The van der Waals surface area contributed by atoms with Crippen LogP contribution in [-0.2, 0) is 19.6 Å². The van der Waals surface area contributed by atoms with E-state index < -0.39 is 0 Å². The summed E-state index contributed by atoms with van der Waals surface area (Å²) in [4.78, 5) is 17.1. The van der Waals surface area contributed by atoms with Crippen LogP contribution in [0.1, 0.15) is 11.1 Å². The largest absolute Gasteiger partial charge is 0.395 e. The van der Waals surface area contributed by atoms with Gasteiger partial charge in [0.25, 0.3) is 5.56 Å². The van der Waals surface area contributed by atoms with Gasteiger partial charge in [-0.2, -0.15) is 0 Å². The fourth-order valence-electron chi connectivity index (χ4n) is 2.96. The van der Waals surface area contributed by atoms with E-state index in [9.17, 15) is 15.0 Å². The van der Waals surface area contributed by atoms with Crippen molar-refractivity contribution in [1.82, 2.24) is 9.55 Å². The van der Waals surface area contributed by atoms with Crippen LogP contribution in [0.25, 0.3) is 11.3 Å². The minimum atomic E-state index is -0.274. The number of hydrogen-bond acceptors (Lipinski definition) is 5. The molecule has 1 heterocycles. The second kappa shape index (κ2) is 9.12. The van der Waals surface area contributed by atoms with Gasteiger partial charge in [0.2, 0.25) is 0 Å². The van der Waals surface area contributed by atoms with Crippen LogP contribution in [-0.4, -0.2) is 32.9 Å². The number of hydrogen-bond donors (Lipinski definition) is 3. The molecule has 6 nitrogen and oxygen atoms in total. The first-order valence-corrected chi connectivity index (χ1v) is 8.91. The van der Waals surface area contributed by atoms with Crippen LogP contribution < -0.4 is 10.9 Å². The summed E-state index contributed by atoms with van der Waals surface area (Å²) in [6.07, 6.45) is 2.40. The van der Waals surface area contributed by atoms with Gasteiger partial charge in [-0.1, -0.05) is 48.5 Å². The van der Waals surface area contributed by atoms with Crippen LogP contribution in [0.3, 0.4) is 0 Å². The monoisotopic (exact) mass is 365 g/mol. The summed E-state index contributed by atoms with van der Waals surface area (Å²) in [6.45, 7) is 0.531. The summed E-state index contributed by atoms with van der Waals surface area (Å²) in [6, 6.07) is 17.3. The molecule has 3 N–H and O–H groups in total. The highest BCUT2D eigenvalue weighted by atomic mass is 16.3. The molecule has 0 aliphatic rings. The molecule has 0 aliphatic heterocycles. The Kier molecular flexibility index (Phi) is 6.35. The Balaban J connectivity index is 1.84. The van der Waals surface area contributed by atoms with E-state index in [4.69, 9.17) is 0 Å². The Labute approximate surface area is 157 Å². The van der Waals surface area contributed by atoms with Gasteiger partial charge >= 0.3 is 0 Å². The number of benzene rings is 2. The zero-order chi connectivity index (χ0) is 19.1. The Morgan fingerprint density at radius 2 is 1.78 bits per heavy atom. The molecule has 140 valence electrons. The van der Waals surface area contributed by atoms with E-state index in [-0.39, 0.29) is 31.1 Å². The predicted octanol–water partition coefficient (Wildman–Crippen LogP) is 2.05. The van der Waals surface area contributed by atoms with E-state index >= 15 is 0 Å². The Morgan fingerprint density at radius 1 is 1.00 bits per heavy atom. The lowest BCUT2D eigenvalue weighted by atomic mass is 10.1. The highest BCUT2D eigenvalue weighted by molar-refractivity contribution is 5.60. The standard InChI is InChI=1S/C21H23N3O3/c25-12-11-24-19(18-8-4-7-17(13-18)15-26)14-23-20(21(24)27)22-10-9-16-5-2-1-3-6-16/h1-8,13-14,25-26H,9-12,15H2,(H,22,23). The van der Waals surface area contributed by atoms with Crippen molar-refractivity contribution in [2.45, 2.75) is 19.6 Å². The highest BCUT2D eigenvalue weighted by Crippen LogP contribution is 2.19. The topological polar surface area (TPSA) is 87.4 Å². The number of anilines is 1. The third kappa shape index (κ3) is 4.61. The van der Waals surface area contributed by atoms with Crippen molar-refractivity contribution >= 4 is 5.82 Å². The van der Waals surface area contributed by atoms with Gasteiger partial charge in [0, 0.05) is 18.7 Å². The second-order valence-electron chi connectivity index (χ2n) is 6.19. The summed E-state index contributed by atoms with van der Waals surface area (Å²) in [5.41, 5.74) is 3.04. The summed E-state index contributed by atoms with van der Waals surface area (Å²) in [5.74, 6) is 0.265. The van der Waals surface area contributed by atoms with Crippen molar-refractivity contribution in [3.8, 4) is 11.3 Å². The van der Waals surface area contributed by atoms with Gasteiger partial charge in [-0.3, -0.25) is 4.79 Å². The summed E-state index contributed by atoms with van der Waals surface area (Å²) < 4.78 is 1.51. The van der Waals surface area contributed by atoms with Crippen molar-refractivity contribution in [3.63, 3.8) is 0 Å². The molecule has 2 aromatic carbocycles. The number of rotatable bonds is 8. The van der Waals surface area contributed by atoms with E-state index in [2.05, 4.69) is 10.3 Å². The van der Waals surface area contributed by atoms with Crippen molar-refractivity contribution in [2.24, 2.45) is 0 Å². The lowest BCUT2D eigenvalue weighted by molar-refractivity contribution is 0.275. The van der Waals surface area contributed by atoms with Crippen LogP contribution in [0, 0.1) is 0 Å². The number of aliphatic hydroxyl groups is 2. The third-order valence-electron chi connectivity index (χ3n) is 4.33. The molecule has 1 aromatic heterocycles. The second-order valence-corrected chi connectivity index (χ2v) is 6.19. The average Bonchev–Trinajstić information content (AvgIpc) is 2.71. The molecule has 0 amide bonds. The smallest absolute Gasteiger partial charge is 0.293 e. The summed E-state index contributed by atoms with van der Waals surface area (Å²) in [7, 11) is 0. The summed E-state index contributed by atoms with van der Waals surface area (Å²) in [5, 5.41) is 21.8. The molecule has 0 aliphatic carbocycles. The highest BCUT2D eigenvalue weighted by Gasteiger charge is 2.12. The molecule has 0 radical (unpaired) electrons. The Bertz CT molecular complexity index is 939. The van der Waals surface area contributed by atoms with E-state index in [1.54, 1.807) is 6.20 Å². The van der Waals surface area contributed by atoms with Gasteiger partial charge in [0.1, 0.15) is 0 Å². The molecule has 0 bridgehead atoms. The van der Waals surface area contributed by atoms with Crippen LogP contribution in [0.5, 0.6) is 0 Å². The van der Waals surface area contributed by atoms with Gasteiger partial charge in [-0.05, 0) is 23.6 Å². The molecule has 0 atom stereocenters. The molecule has 27 heavy (non-hydrogen) atoms. The lowest BCUT2D eigenvalue weighted by Crippen LogP contribution is -2.28. The molecular formula is C21H23N3O3. The van der Waals surface area contributed by atoms with Gasteiger partial charge in [0.15, 0.2) is 5.82 Å². The van der Waals surface area contributed by atoms with Gasteiger partial charge in [-0.25, -0.2) is 4.98 Å². The number of nitrogens with one attached hydrogen (secondary N) is 1. The van der Waals surface area contributed by atoms with Crippen molar-refractivity contribution in [2.75, 3.05) is 18.5 Å². The fourth-order valence-corrected chi connectivity index (χ4v) is 2.96. The fraction of sp³-hybridized carbons (Fsp3) is 0.238. The normalized spacial score (nSPS) is 10.7. The van der Waals surface area contributed by atoms with E-state index in [0.29, 0.717) is 12.2 Å². The zero-order valence-electron chi connectivity index (χ0n) is 15.0. The molecule has 0 saturated carbocycles. The first-order chi connectivity index (χ1) is 13.2. The zero-order valence-corrected chi connectivity index (χ0v) is 15.0. The maximum Gasteiger partial charge on any atom is 0.293 e. The third-order valence-corrected chi connectivity index (χ3v) is 4.33. The van der Waals surface area contributed by atoms with Crippen LogP contribution >= 0.6 is 0 Å².